The summed E-state index contributed by atoms with van der Waals surface area (Å²) in [6, 6.07) is 9.31. The van der Waals surface area contributed by atoms with E-state index in [9.17, 15) is 0 Å². The van der Waals surface area contributed by atoms with Gasteiger partial charge >= 0.3 is 0 Å². The maximum Gasteiger partial charge on any atom is 0.0366 e. The van der Waals surface area contributed by atoms with Gasteiger partial charge in [0.15, 0.2) is 0 Å². The summed E-state index contributed by atoms with van der Waals surface area (Å²) in [5, 5.41) is 0. The molecule has 1 atom stereocenters. The Morgan fingerprint density at radius 1 is 1.05 bits per heavy atom. The van der Waals surface area contributed by atoms with Crippen molar-refractivity contribution in [1.82, 2.24) is 0 Å². The molecule has 1 nitrogen and oxygen atoms in total. The predicted octanol–water partition coefficient (Wildman–Crippen LogP) is 5.93. The molecular weight excluding hydrogens is 266 g/mol. The molecule has 1 aromatic carbocycles. The van der Waals surface area contributed by atoms with Crippen LogP contribution < -0.4 is 4.90 Å². The van der Waals surface area contributed by atoms with E-state index in [0.717, 1.165) is 17.8 Å². The number of hydrogen-bond acceptors (Lipinski definition) is 1. The van der Waals surface area contributed by atoms with Gasteiger partial charge < -0.3 is 4.90 Å². The third-order valence-corrected chi connectivity index (χ3v) is 5.32. The van der Waals surface area contributed by atoms with Crippen LogP contribution in [-0.4, -0.2) is 13.1 Å². The molecule has 0 amide bonds. The highest BCUT2D eigenvalue weighted by Gasteiger charge is 2.19. The fraction of sp³-hybridized carbons (Fsp3) is 0.714. The molecule has 22 heavy (non-hydrogen) atoms. The predicted molar refractivity (Wildman–Crippen MR) is 98.6 cm³/mol. The third-order valence-electron chi connectivity index (χ3n) is 5.32. The van der Waals surface area contributed by atoms with Crippen molar-refractivity contribution in [2.24, 2.45) is 17.8 Å². The first-order valence-corrected chi connectivity index (χ1v) is 9.42. The number of benzene rings is 1. The van der Waals surface area contributed by atoms with Gasteiger partial charge in [0.2, 0.25) is 0 Å². The lowest BCUT2D eigenvalue weighted by Gasteiger charge is -2.34. The van der Waals surface area contributed by atoms with E-state index in [0.29, 0.717) is 0 Å². The largest absolute Gasteiger partial charge is 0.372 e. The van der Waals surface area contributed by atoms with Crippen LogP contribution in [0.1, 0.15) is 65.4 Å². The summed E-state index contributed by atoms with van der Waals surface area (Å²) in [5.41, 5.74) is 2.90. The van der Waals surface area contributed by atoms with Crippen molar-refractivity contribution in [1.29, 1.82) is 0 Å². The van der Waals surface area contributed by atoms with Crippen molar-refractivity contribution in [3.63, 3.8) is 0 Å². The lowest BCUT2D eigenvalue weighted by atomic mass is 9.88. The van der Waals surface area contributed by atoms with Gasteiger partial charge in [0.1, 0.15) is 0 Å². The fourth-order valence-electron chi connectivity index (χ4n) is 3.52. The second kappa shape index (κ2) is 8.60. The molecule has 0 aromatic heterocycles. The molecule has 1 heterocycles. The number of piperidine rings is 1. The molecule has 124 valence electrons. The minimum Gasteiger partial charge on any atom is -0.372 e. The number of hydrogen-bond donors (Lipinski definition) is 0. The van der Waals surface area contributed by atoms with Crippen LogP contribution >= 0.6 is 0 Å². The third kappa shape index (κ3) is 5.34. The molecule has 1 aliphatic rings. The lowest BCUT2D eigenvalue weighted by Crippen LogP contribution is -2.33. The van der Waals surface area contributed by atoms with Crippen LogP contribution in [0.3, 0.4) is 0 Å². The Bertz CT molecular complexity index is 412. The van der Waals surface area contributed by atoms with Crippen molar-refractivity contribution in [2.45, 2.75) is 66.2 Å². The molecule has 0 spiro atoms. The molecular formula is C21H35N. The molecule has 1 aromatic rings. The molecule has 1 saturated heterocycles. The number of rotatable bonds is 7. The molecule has 0 N–H and O–H groups in total. The standard InChI is InChI=1S/C21H35N/c1-5-18(4)6-7-19-12-14-22(15-13-19)21-10-8-20(9-11-21)16-17(2)3/h8-11,17-19H,5-7,12-16H2,1-4H3. The summed E-state index contributed by atoms with van der Waals surface area (Å²) in [6.45, 7) is 11.8. The zero-order valence-corrected chi connectivity index (χ0v) is 15.1. The fourth-order valence-corrected chi connectivity index (χ4v) is 3.52. The topological polar surface area (TPSA) is 3.24 Å². The van der Waals surface area contributed by atoms with Crippen molar-refractivity contribution in [3.8, 4) is 0 Å². The number of anilines is 1. The molecule has 1 heteroatoms. The van der Waals surface area contributed by atoms with Crippen molar-refractivity contribution < 1.29 is 0 Å². The Kier molecular flexibility index (Phi) is 6.79. The SMILES string of the molecule is CCC(C)CCC1CCN(c2ccc(CC(C)C)cc2)CC1. The highest BCUT2D eigenvalue weighted by molar-refractivity contribution is 5.48. The molecule has 1 unspecified atom stereocenters. The lowest BCUT2D eigenvalue weighted by molar-refractivity contribution is 0.342. The van der Waals surface area contributed by atoms with E-state index in [-0.39, 0.29) is 0 Å². The summed E-state index contributed by atoms with van der Waals surface area (Å²) in [6.07, 6.45) is 8.15. The zero-order valence-electron chi connectivity index (χ0n) is 15.1. The maximum atomic E-state index is 2.58. The maximum absolute atomic E-state index is 2.58. The summed E-state index contributed by atoms with van der Waals surface area (Å²) in [4.78, 5) is 2.58. The second-order valence-corrected chi connectivity index (χ2v) is 7.79. The Balaban J connectivity index is 1.78. The first kappa shape index (κ1) is 17.4. The van der Waals surface area contributed by atoms with Gasteiger partial charge in [0.05, 0.1) is 0 Å². The van der Waals surface area contributed by atoms with Gasteiger partial charge in [-0.2, -0.15) is 0 Å². The smallest absolute Gasteiger partial charge is 0.0366 e. The van der Waals surface area contributed by atoms with Crippen LogP contribution in [-0.2, 0) is 6.42 Å². The van der Waals surface area contributed by atoms with Crippen LogP contribution in [0.2, 0.25) is 0 Å². The van der Waals surface area contributed by atoms with E-state index in [2.05, 4.69) is 56.9 Å². The van der Waals surface area contributed by atoms with Gasteiger partial charge in [0.25, 0.3) is 0 Å². The van der Waals surface area contributed by atoms with Gasteiger partial charge in [-0.1, -0.05) is 59.1 Å². The van der Waals surface area contributed by atoms with Crippen LogP contribution in [0.4, 0.5) is 5.69 Å². The van der Waals surface area contributed by atoms with Crippen molar-refractivity contribution in [2.75, 3.05) is 18.0 Å². The van der Waals surface area contributed by atoms with Gasteiger partial charge in [-0.3, -0.25) is 0 Å². The second-order valence-electron chi connectivity index (χ2n) is 7.79. The van der Waals surface area contributed by atoms with Gasteiger partial charge in [-0.25, -0.2) is 0 Å². The van der Waals surface area contributed by atoms with Crippen LogP contribution in [0.15, 0.2) is 24.3 Å². The zero-order chi connectivity index (χ0) is 15.9. The quantitative estimate of drug-likeness (QED) is 0.603. The summed E-state index contributed by atoms with van der Waals surface area (Å²) < 4.78 is 0. The van der Waals surface area contributed by atoms with E-state index in [1.54, 1.807) is 0 Å². The van der Waals surface area contributed by atoms with Crippen LogP contribution in [0, 0.1) is 17.8 Å². The minimum absolute atomic E-state index is 0.743. The van der Waals surface area contributed by atoms with E-state index in [4.69, 9.17) is 0 Å². The molecule has 0 saturated carbocycles. The average Bonchev–Trinajstić information content (AvgIpc) is 2.53. The van der Waals surface area contributed by atoms with E-state index in [1.165, 1.54) is 62.9 Å². The van der Waals surface area contributed by atoms with Crippen molar-refractivity contribution >= 4 is 5.69 Å². The monoisotopic (exact) mass is 301 g/mol. The Hall–Kier alpha value is -0.980. The summed E-state index contributed by atoms with van der Waals surface area (Å²) >= 11 is 0. The van der Waals surface area contributed by atoms with Gasteiger partial charge in [-0.15, -0.1) is 0 Å². The first-order chi connectivity index (χ1) is 10.6. The van der Waals surface area contributed by atoms with Crippen LogP contribution in [0.5, 0.6) is 0 Å². The highest BCUT2D eigenvalue weighted by atomic mass is 15.1. The Morgan fingerprint density at radius 2 is 1.68 bits per heavy atom. The molecule has 0 radical (unpaired) electrons. The van der Waals surface area contributed by atoms with Gasteiger partial charge in [0, 0.05) is 18.8 Å². The Morgan fingerprint density at radius 3 is 2.23 bits per heavy atom. The van der Waals surface area contributed by atoms with Crippen LogP contribution in [0.25, 0.3) is 0 Å². The molecule has 0 bridgehead atoms. The summed E-state index contributed by atoms with van der Waals surface area (Å²) in [7, 11) is 0. The van der Waals surface area contributed by atoms with E-state index < -0.39 is 0 Å². The highest BCUT2D eigenvalue weighted by Crippen LogP contribution is 2.28. The van der Waals surface area contributed by atoms with Gasteiger partial charge in [-0.05, 0) is 54.7 Å². The average molecular weight is 302 g/mol. The molecule has 2 rings (SSSR count). The van der Waals surface area contributed by atoms with Crippen molar-refractivity contribution in [3.05, 3.63) is 29.8 Å². The van der Waals surface area contributed by atoms with E-state index in [1.807, 2.05) is 0 Å². The van der Waals surface area contributed by atoms with E-state index >= 15 is 0 Å². The molecule has 1 aliphatic heterocycles. The molecule has 1 fully saturated rings. The minimum atomic E-state index is 0.743. The normalized spacial score (nSPS) is 18.0. The molecule has 0 aliphatic carbocycles. The Labute approximate surface area is 138 Å². The number of nitrogens with zero attached hydrogens (tertiary/aromatic N) is 1. The summed E-state index contributed by atoms with van der Waals surface area (Å²) in [5.74, 6) is 2.61. The first-order valence-electron chi connectivity index (χ1n) is 9.42.